The van der Waals surface area contributed by atoms with E-state index in [1.54, 1.807) is 11.3 Å². The molecule has 2 aromatic rings. The van der Waals surface area contributed by atoms with E-state index in [1.807, 2.05) is 11.6 Å². The minimum Gasteiger partial charge on any atom is -0.370 e. The lowest BCUT2D eigenvalue weighted by molar-refractivity contribution is 0.103. The maximum Gasteiger partial charge on any atom is 0.249 e. The van der Waals surface area contributed by atoms with E-state index in [4.69, 9.17) is 9.26 Å². The molecule has 0 spiro atoms. The Hall–Kier alpha value is -1.47. The number of rotatable bonds is 3. The van der Waals surface area contributed by atoms with Crippen LogP contribution in [-0.4, -0.2) is 28.3 Å². The van der Waals surface area contributed by atoms with Gasteiger partial charge in [-0.2, -0.15) is 4.98 Å². The van der Waals surface area contributed by atoms with Crippen LogP contribution in [0.2, 0.25) is 0 Å². The molecule has 0 amide bonds. The SMILES string of the molecule is c1csc(N2CCC[C@@H]2c2nc([C@H]3CCCO3)no2)n1. The van der Waals surface area contributed by atoms with E-state index >= 15 is 0 Å². The first-order valence-electron chi connectivity index (χ1n) is 7.03. The van der Waals surface area contributed by atoms with Gasteiger partial charge in [0.2, 0.25) is 11.7 Å². The van der Waals surface area contributed by atoms with Crippen molar-refractivity contribution in [2.45, 2.75) is 37.8 Å². The zero-order valence-corrected chi connectivity index (χ0v) is 11.9. The number of anilines is 1. The molecule has 0 aromatic carbocycles. The van der Waals surface area contributed by atoms with Crippen molar-refractivity contribution in [1.82, 2.24) is 15.1 Å². The summed E-state index contributed by atoms with van der Waals surface area (Å²) in [6.45, 7) is 1.79. The van der Waals surface area contributed by atoms with E-state index in [1.165, 1.54) is 0 Å². The summed E-state index contributed by atoms with van der Waals surface area (Å²) >= 11 is 1.65. The molecular formula is C13H16N4O2S. The molecule has 0 unspecified atom stereocenters. The van der Waals surface area contributed by atoms with Gasteiger partial charge in [0.05, 0.1) is 0 Å². The Kier molecular flexibility index (Phi) is 3.16. The molecule has 2 fully saturated rings. The highest BCUT2D eigenvalue weighted by atomic mass is 32.1. The third-order valence-corrected chi connectivity index (χ3v) is 4.69. The Balaban J connectivity index is 1.57. The van der Waals surface area contributed by atoms with Gasteiger partial charge in [0.15, 0.2) is 5.13 Å². The molecule has 0 saturated carbocycles. The molecule has 7 heteroatoms. The average Bonchev–Trinajstić information content (AvgIpc) is 3.23. The van der Waals surface area contributed by atoms with E-state index in [2.05, 4.69) is 20.0 Å². The second-order valence-corrected chi connectivity index (χ2v) is 6.03. The highest BCUT2D eigenvalue weighted by Gasteiger charge is 2.33. The fraction of sp³-hybridized carbons (Fsp3) is 0.615. The Labute approximate surface area is 120 Å². The van der Waals surface area contributed by atoms with E-state index < -0.39 is 0 Å². The van der Waals surface area contributed by atoms with Crippen LogP contribution in [0.25, 0.3) is 0 Å². The second-order valence-electron chi connectivity index (χ2n) is 5.16. The van der Waals surface area contributed by atoms with Crippen LogP contribution in [0.3, 0.4) is 0 Å². The van der Waals surface area contributed by atoms with Crippen molar-refractivity contribution in [1.29, 1.82) is 0 Å². The van der Waals surface area contributed by atoms with Gasteiger partial charge in [0.25, 0.3) is 0 Å². The van der Waals surface area contributed by atoms with Crippen molar-refractivity contribution >= 4 is 16.5 Å². The molecule has 0 N–H and O–H groups in total. The molecule has 4 heterocycles. The Morgan fingerprint density at radius 2 is 2.30 bits per heavy atom. The summed E-state index contributed by atoms with van der Waals surface area (Å²) in [5.41, 5.74) is 0. The average molecular weight is 292 g/mol. The van der Waals surface area contributed by atoms with Gasteiger partial charge in [0, 0.05) is 24.7 Å². The molecule has 2 saturated heterocycles. The van der Waals surface area contributed by atoms with E-state index in [-0.39, 0.29) is 12.1 Å². The maximum absolute atomic E-state index is 5.61. The number of aromatic nitrogens is 3. The first-order valence-corrected chi connectivity index (χ1v) is 7.91. The van der Waals surface area contributed by atoms with Crippen LogP contribution in [-0.2, 0) is 4.74 Å². The molecule has 106 valence electrons. The Morgan fingerprint density at radius 3 is 3.10 bits per heavy atom. The molecule has 0 bridgehead atoms. The van der Waals surface area contributed by atoms with Gasteiger partial charge < -0.3 is 14.2 Å². The van der Waals surface area contributed by atoms with Gasteiger partial charge in [-0.1, -0.05) is 5.16 Å². The van der Waals surface area contributed by atoms with Gasteiger partial charge in [-0.05, 0) is 25.7 Å². The lowest BCUT2D eigenvalue weighted by Crippen LogP contribution is -2.22. The summed E-state index contributed by atoms with van der Waals surface area (Å²) in [6.07, 6.45) is 6.07. The molecule has 2 aromatic heterocycles. The van der Waals surface area contributed by atoms with Crippen molar-refractivity contribution in [3.05, 3.63) is 23.3 Å². The molecule has 2 atom stereocenters. The van der Waals surface area contributed by atoms with E-state index in [9.17, 15) is 0 Å². The predicted molar refractivity (Wildman–Crippen MR) is 73.7 cm³/mol. The van der Waals surface area contributed by atoms with Crippen LogP contribution in [0, 0.1) is 0 Å². The van der Waals surface area contributed by atoms with Crippen molar-refractivity contribution in [3.63, 3.8) is 0 Å². The summed E-state index contributed by atoms with van der Waals surface area (Å²) in [5, 5.41) is 7.13. The smallest absolute Gasteiger partial charge is 0.249 e. The topological polar surface area (TPSA) is 64.3 Å². The lowest BCUT2D eigenvalue weighted by Gasteiger charge is -2.20. The van der Waals surface area contributed by atoms with Gasteiger partial charge in [0.1, 0.15) is 12.1 Å². The summed E-state index contributed by atoms with van der Waals surface area (Å²) in [4.78, 5) is 11.2. The van der Waals surface area contributed by atoms with Crippen LogP contribution >= 0.6 is 11.3 Å². The van der Waals surface area contributed by atoms with E-state index in [0.29, 0.717) is 11.7 Å². The number of hydrogen-bond acceptors (Lipinski definition) is 7. The third-order valence-electron chi connectivity index (χ3n) is 3.88. The number of hydrogen-bond donors (Lipinski definition) is 0. The first-order chi connectivity index (χ1) is 9.92. The molecule has 6 nitrogen and oxygen atoms in total. The van der Waals surface area contributed by atoms with Crippen molar-refractivity contribution in [2.75, 3.05) is 18.1 Å². The normalized spacial score (nSPS) is 26.5. The van der Waals surface area contributed by atoms with Crippen molar-refractivity contribution < 1.29 is 9.26 Å². The van der Waals surface area contributed by atoms with Crippen molar-refractivity contribution in [3.8, 4) is 0 Å². The van der Waals surface area contributed by atoms with Crippen LogP contribution in [0.4, 0.5) is 5.13 Å². The molecule has 0 aliphatic carbocycles. The lowest BCUT2D eigenvalue weighted by atomic mass is 10.2. The Morgan fingerprint density at radius 1 is 1.30 bits per heavy atom. The summed E-state index contributed by atoms with van der Waals surface area (Å²) in [5.74, 6) is 1.40. The molecular weight excluding hydrogens is 276 g/mol. The van der Waals surface area contributed by atoms with Gasteiger partial charge in [-0.15, -0.1) is 11.3 Å². The number of ether oxygens (including phenoxy) is 1. The quantitative estimate of drug-likeness (QED) is 0.866. The van der Waals surface area contributed by atoms with Crippen LogP contribution in [0.15, 0.2) is 16.1 Å². The molecule has 2 aliphatic rings. The molecule has 0 radical (unpaired) electrons. The predicted octanol–water partition coefficient (Wildman–Crippen LogP) is 2.72. The number of thiazole rings is 1. The highest BCUT2D eigenvalue weighted by molar-refractivity contribution is 7.13. The molecule has 2 aliphatic heterocycles. The highest BCUT2D eigenvalue weighted by Crippen LogP contribution is 2.37. The molecule has 4 rings (SSSR count). The third kappa shape index (κ3) is 2.10. The minimum absolute atomic E-state index is 0.0159. The van der Waals surface area contributed by atoms with Crippen LogP contribution in [0.1, 0.15) is 49.5 Å². The maximum atomic E-state index is 5.61. The van der Waals surface area contributed by atoms with Gasteiger partial charge in [-0.25, -0.2) is 4.98 Å². The van der Waals surface area contributed by atoms with E-state index in [0.717, 1.165) is 44.0 Å². The van der Waals surface area contributed by atoms with Gasteiger partial charge >= 0.3 is 0 Å². The summed E-state index contributed by atoms with van der Waals surface area (Å²) in [6, 6.07) is 0.156. The summed E-state index contributed by atoms with van der Waals surface area (Å²) in [7, 11) is 0. The fourth-order valence-electron chi connectivity index (χ4n) is 2.90. The standard InChI is InChI=1S/C13H16N4O2S/c1-3-9(17(6-1)13-14-5-8-20-13)12-15-11(16-19-12)10-4-2-7-18-10/h5,8-10H,1-4,6-7H2/t9-,10-/m1/s1. The zero-order chi connectivity index (χ0) is 13.4. The fourth-order valence-corrected chi connectivity index (χ4v) is 3.62. The zero-order valence-electron chi connectivity index (χ0n) is 11.1. The van der Waals surface area contributed by atoms with Crippen molar-refractivity contribution in [2.24, 2.45) is 0 Å². The molecule has 20 heavy (non-hydrogen) atoms. The number of nitrogens with zero attached hydrogens (tertiary/aromatic N) is 4. The second kappa shape index (κ2) is 5.14. The monoisotopic (exact) mass is 292 g/mol. The largest absolute Gasteiger partial charge is 0.370 e. The van der Waals surface area contributed by atoms with Crippen LogP contribution in [0.5, 0.6) is 0 Å². The minimum atomic E-state index is 0.0159. The first kappa shape index (κ1) is 12.3. The summed E-state index contributed by atoms with van der Waals surface area (Å²) < 4.78 is 11.1. The van der Waals surface area contributed by atoms with Gasteiger partial charge in [-0.3, -0.25) is 0 Å². The Bertz CT molecular complexity index is 565. The van der Waals surface area contributed by atoms with Crippen LogP contribution < -0.4 is 4.90 Å².